The molecule has 1 heterocycles. The molecule has 0 aromatic heterocycles. The van der Waals surface area contributed by atoms with E-state index in [0.717, 1.165) is 32.7 Å². The molecule has 0 aliphatic carbocycles. The van der Waals surface area contributed by atoms with Crippen LogP contribution in [-0.4, -0.2) is 37.5 Å². The number of hydrogen-bond donors (Lipinski definition) is 2. The normalized spacial score (nSPS) is 16.0. The molecule has 3 rings (SSSR count). The number of hydrogen-bond acceptors (Lipinski definition) is 3. The number of phenols is 1. The highest BCUT2D eigenvalue weighted by atomic mass is 32.2. The molecule has 22 heavy (non-hydrogen) atoms. The molecule has 2 aromatic rings. The molecule has 1 saturated heterocycles. The molecule has 2 aromatic carbocycles. The first-order valence-electron chi connectivity index (χ1n) is 7.75. The minimum Gasteiger partial charge on any atom is -0.508 e. The summed E-state index contributed by atoms with van der Waals surface area (Å²) in [5.74, 6) is 0.335. The fourth-order valence-corrected chi connectivity index (χ4v) is 3.36. The first kappa shape index (κ1) is 15.3. The third kappa shape index (κ3) is 3.76. The van der Waals surface area contributed by atoms with Gasteiger partial charge >= 0.3 is 0 Å². The van der Waals surface area contributed by atoms with E-state index in [4.69, 9.17) is 0 Å². The fourth-order valence-electron chi connectivity index (χ4n) is 2.95. The highest BCUT2D eigenvalue weighted by Crippen LogP contribution is 2.18. The molecule has 1 fully saturated rings. The average molecular weight is 315 g/mol. The van der Waals surface area contributed by atoms with E-state index in [-0.39, 0.29) is 0 Å². The summed E-state index contributed by atoms with van der Waals surface area (Å²) in [6.07, 6.45) is 2.11. The monoisotopic (exact) mass is 315 g/mol. The summed E-state index contributed by atoms with van der Waals surface area (Å²) in [6, 6.07) is 16.5. The largest absolute Gasteiger partial charge is 0.508 e. The van der Waals surface area contributed by atoms with Gasteiger partial charge in [-0.1, -0.05) is 12.1 Å². The zero-order valence-corrected chi connectivity index (χ0v) is 13.8. The predicted molar refractivity (Wildman–Crippen MR) is 92.9 cm³/mol. The summed E-state index contributed by atoms with van der Waals surface area (Å²) < 4.78 is 0. The van der Waals surface area contributed by atoms with Crippen molar-refractivity contribution in [3.05, 3.63) is 54.1 Å². The number of nitrogens with one attached hydrogen (secondary N) is 1. The highest BCUT2D eigenvalue weighted by Gasteiger charge is 2.20. The Morgan fingerprint density at radius 1 is 1.00 bits per heavy atom. The van der Waals surface area contributed by atoms with E-state index in [9.17, 15) is 5.11 Å². The van der Waals surface area contributed by atoms with Crippen LogP contribution < -0.4 is 9.80 Å². The quantitative estimate of drug-likeness (QED) is 0.846. The van der Waals surface area contributed by atoms with E-state index in [2.05, 4.69) is 35.4 Å². The zero-order chi connectivity index (χ0) is 15.4. The van der Waals surface area contributed by atoms with Crippen LogP contribution in [0.3, 0.4) is 0 Å². The molecule has 0 atom stereocenters. The van der Waals surface area contributed by atoms with Gasteiger partial charge in [-0.2, -0.15) is 0 Å². The molecule has 116 valence electrons. The van der Waals surface area contributed by atoms with Crippen LogP contribution in [0.5, 0.6) is 5.75 Å². The van der Waals surface area contributed by atoms with Gasteiger partial charge in [0, 0.05) is 16.1 Å². The van der Waals surface area contributed by atoms with Crippen molar-refractivity contribution >= 4 is 17.4 Å². The van der Waals surface area contributed by atoms with E-state index < -0.39 is 0 Å². The maximum atomic E-state index is 9.37. The van der Waals surface area contributed by atoms with Crippen LogP contribution in [0.2, 0.25) is 0 Å². The minimum absolute atomic E-state index is 0.335. The smallest absolute Gasteiger partial charge is 0.115 e. The zero-order valence-electron chi connectivity index (χ0n) is 13.0. The lowest BCUT2D eigenvalue weighted by molar-refractivity contribution is -0.914. The molecule has 3 nitrogen and oxygen atoms in total. The average Bonchev–Trinajstić information content (AvgIpc) is 2.57. The Morgan fingerprint density at radius 2 is 1.64 bits per heavy atom. The van der Waals surface area contributed by atoms with Crippen molar-refractivity contribution in [1.29, 1.82) is 0 Å². The first-order chi connectivity index (χ1) is 10.7. The second-order valence-corrected chi connectivity index (χ2v) is 6.66. The molecule has 0 spiro atoms. The second-order valence-electron chi connectivity index (χ2n) is 5.78. The summed E-state index contributed by atoms with van der Waals surface area (Å²) in [5, 5.41) is 9.37. The van der Waals surface area contributed by atoms with Gasteiger partial charge in [0.15, 0.2) is 0 Å². The van der Waals surface area contributed by atoms with Crippen molar-refractivity contribution in [1.82, 2.24) is 0 Å². The number of anilines is 1. The molecule has 1 aliphatic rings. The second kappa shape index (κ2) is 7.07. The van der Waals surface area contributed by atoms with Crippen LogP contribution in [-0.2, 0) is 6.54 Å². The molecular formula is C18H23N2OS+. The third-order valence-corrected chi connectivity index (χ3v) is 5.04. The minimum atomic E-state index is 0.335. The summed E-state index contributed by atoms with van der Waals surface area (Å²) in [5.41, 5.74) is 2.63. The number of benzene rings is 2. The van der Waals surface area contributed by atoms with Crippen LogP contribution >= 0.6 is 11.8 Å². The van der Waals surface area contributed by atoms with Gasteiger partial charge in [-0.15, -0.1) is 11.8 Å². The lowest BCUT2D eigenvalue weighted by Crippen LogP contribution is -3.13. The number of nitrogens with zero attached hydrogens (tertiary/aromatic N) is 1. The standard InChI is InChI=1S/C18H22N2OS/c1-22-18-8-2-15(3-9-18)14-19-10-12-20(13-11-19)16-4-6-17(21)7-5-16/h2-9,21H,10-14H2,1H3/p+1. The molecular weight excluding hydrogens is 292 g/mol. The van der Waals surface area contributed by atoms with Crippen molar-refractivity contribution in [3.8, 4) is 5.75 Å². The Balaban J connectivity index is 1.53. The summed E-state index contributed by atoms with van der Waals surface area (Å²) in [7, 11) is 0. The molecule has 0 saturated carbocycles. The van der Waals surface area contributed by atoms with Crippen molar-refractivity contribution in [3.63, 3.8) is 0 Å². The van der Waals surface area contributed by atoms with Gasteiger partial charge in [0.2, 0.25) is 0 Å². The lowest BCUT2D eigenvalue weighted by Gasteiger charge is -2.33. The maximum Gasteiger partial charge on any atom is 0.115 e. The van der Waals surface area contributed by atoms with E-state index in [0.29, 0.717) is 5.75 Å². The van der Waals surface area contributed by atoms with Crippen LogP contribution in [0.15, 0.2) is 53.4 Å². The molecule has 0 bridgehead atoms. The van der Waals surface area contributed by atoms with Crippen molar-refractivity contribution in [2.45, 2.75) is 11.4 Å². The highest BCUT2D eigenvalue weighted by molar-refractivity contribution is 7.98. The molecule has 2 N–H and O–H groups in total. The SMILES string of the molecule is CSc1ccc(C[NH+]2CCN(c3ccc(O)cc3)CC2)cc1. The topological polar surface area (TPSA) is 27.9 Å². The number of piperazine rings is 1. The van der Waals surface area contributed by atoms with Gasteiger partial charge in [-0.25, -0.2) is 0 Å². The van der Waals surface area contributed by atoms with E-state index in [1.807, 2.05) is 12.1 Å². The predicted octanol–water partition coefficient (Wildman–Crippen LogP) is 2.02. The van der Waals surface area contributed by atoms with Gasteiger partial charge in [0.25, 0.3) is 0 Å². The summed E-state index contributed by atoms with van der Waals surface area (Å²) in [4.78, 5) is 5.38. The Morgan fingerprint density at radius 3 is 2.23 bits per heavy atom. The Labute approximate surface area is 136 Å². The van der Waals surface area contributed by atoms with Crippen LogP contribution in [0, 0.1) is 0 Å². The number of aromatic hydroxyl groups is 1. The maximum absolute atomic E-state index is 9.37. The van der Waals surface area contributed by atoms with Crippen LogP contribution in [0.25, 0.3) is 0 Å². The Kier molecular flexibility index (Phi) is 4.90. The fraction of sp³-hybridized carbons (Fsp3) is 0.333. The molecule has 0 amide bonds. The van der Waals surface area contributed by atoms with Crippen molar-refractivity contribution in [2.24, 2.45) is 0 Å². The summed E-state index contributed by atoms with van der Waals surface area (Å²) in [6.45, 7) is 5.57. The van der Waals surface area contributed by atoms with E-state index in [1.54, 1.807) is 28.8 Å². The van der Waals surface area contributed by atoms with Gasteiger partial charge in [0.1, 0.15) is 12.3 Å². The molecule has 1 aliphatic heterocycles. The van der Waals surface area contributed by atoms with E-state index in [1.165, 1.54) is 16.1 Å². The first-order valence-corrected chi connectivity index (χ1v) is 8.97. The van der Waals surface area contributed by atoms with Crippen LogP contribution in [0.4, 0.5) is 5.69 Å². The Bertz CT molecular complexity index is 589. The number of rotatable bonds is 4. The Hall–Kier alpha value is -1.65. The van der Waals surface area contributed by atoms with Crippen molar-refractivity contribution in [2.75, 3.05) is 37.3 Å². The lowest BCUT2D eigenvalue weighted by atomic mass is 10.2. The van der Waals surface area contributed by atoms with Crippen LogP contribution in [0.1, 0.15) is 5.56 Å². The third-order valence-electron chi connectivity index (χ3n) is 4.30. The number of quaternary nitrogens is 1. The number of thioether (sulfide) groups is 1. The van der Waals surface area contributed by atoms with Crippen molar-refractivity contribution < 1.29 is 10.0 Å². The molecule has 0 unspecified atom stereocenters. The molecule has 0 radical (unpaired) electrons. The van der Waals surface area contributed by atoms with Gasteiger partial charge < -0.3 is 14.9 Å². The number of phenolic OH excluding ortho intramolecular Hbond substituents is 1. The van der Waals surface area contributed by atoms with Gasteiger partial charge in [-0.05, 0) is 42.7 Å². The van der Waals surface area contributed by atoms with E-state index >= 15 is 0 Å². The van der Waals surface area contributed by atoms with Gasteiger partial charge in [0.05, 0.1) is 26.2 Å². The summed E-state index contributed by atoms with van der Waals surface area (Å²) >= 11 is 1.79. The molecule has 4 heteroatoms. The van der Waals surface area contributed by atoms with Gasteiger partial charge in [-0.3, -0.25) is 0 Å².